The number of rotatable bonds is 3. The van der Waals surface area contributed by atoms with Crippen molar-refractivity contribution in [2.75, 3.05) is 5.32 Å². The number of nitrogens with one attached hydrogen (secondary N) is 2. The molecule has 0 radical (unpaired) electrons. The second-order valence-electron chi connectivity index (χ2n) is 2.71. The second-order valence-corrected chi connectivity index (χ2v) is 4.94. The molecule has 2 heterocycles. The zero-order valence-corrected chi connectivity index (χ0v) is 10.2. The summed E-state index contributed by atoms with van der Waals surface area (Å²) < 4.78 is 0.983. The molecule has 2 rings (SSSR count). The van der Waals surface area contributed by atoms with Crippen LogP contribution in [0.3, 0.4) is 0 Å². The maximum atomic E-state index is 11.4. The lowest BCUT2D eigenvalue weighted by Crippen LogP contribution is -2.09. The van der Waals surface area contributed by atoms with Gasteiger partial charge in [0.2, 0.25) is 0 Å². The molecule has 0 aliphatic carbocycles. The van der Waals surface area contributed by atoms with Crippen LogP contribution in [0, 0.1) is 0 Å². The normalized spacial score (nSPS) is 10.8. The molecule has 0 unspecified atom stereocenters. The smallest absolute Gasteiger partial charge is 0.270 e. The predicted octanol–water partition coefficient (Wildman–Crippen LogP) is 1.68. The molecule has 2 N–H and O–H groups in total. The number of carbonyl (C=O) groups excluding carboxylic acids is 1. The number of nitrogens with zero attached hydrogens (tertiary/aromatic N) is 3. The third-order valence-corrected chi connectivity index (χ3v) is 3.37. The van der Waals surface area contributed by atoms with E-state index in [0.29, 0.717) is 0 Å². The van der Waals surface area contributed by atoms with Gasteiger partial charge in [-0.3, -0.25) is 10.1 Å². The molecule has 0 atom stereocenters. The molecule has 0 bridgehead atoms. The summed E-state index contributed by atoms with van der Waals surface area (Å²) in [7, 11) is 0. The Morgan fingerprint density at radius 3 is 3.12 bits per heavy atom. The van der Waals surface area contributed by atoms with Gasteiger partial charge < -0.3 is 0 Å². The number of tetrazole rings is 1. The zero-order chi connectivity index (χ0) is 11.4. The van der Waals surface area contributed by atoms with Gasteiger partial charge in [0.15, 0.2) is 0 Å². The molecule has 82 valence electrons. The van der Waals surface area contributed by atoms with Gasteiger partial charge in [0, 0.05) is 6.08 Å². The quantitative estimate of drug-likeness (QED) is 0.845. The van der Waals surface area contributed by atoms with Gasteiger partial charge in [-0.25, -0.2) is 0 Å². The molecule has 0 aliphatic heterocycles. The molecule has 0 saturated heterocycles. The van der Waals surface area contributed by atoms with Crippen molar-refractivity contribution in [2.45, 2.75) is 0 Å². The molecule has 2 aromatic heterocycles. The number of aromatic amines is 1. The molecular weight excluding hydrogens is 294 g/mol. The Hall–Kier alpha value is -1.54. The van der Waals surface area contributed by atoms with Crippen molar-refractivity contribution in [3.63, 3.8) is 0 Å². The molecule has 0 saturated carbocycles. The van der Waals surface area contributed by atoms with Crippen LogP contribution in [0.2, 0.25) is 0 Å². The minimum atomic E-state index is -0.306. The van der Waals surface area contributed by atoms with Gasteiger partial charge in [0.1, 0.15) is 0 Å². The second kappa shape index (κ2) is 4.99. The zero-order valence-electron chi connectivity index (χ0n) is 7.85. The van der Waals surface area contributed by atoms with Crippen LogP contribution >= 0.6 is 27.3 Å². The monoisotopic (exact) mass is 299 g/mol. The molecule has 0 fully saturated rings. The van der Waals surface area contributed by atoms with Crippen molar-refractivity contribution < 1.29 is 4.79 Å². The number of carbonyl (C=O) groups is 1. The molecule has 0 spiro atoms. The number of amides is 1. The Kier molecular flexibility index (Phi) is 3.42. The minimum absolute atomic E-state index is 0.152. The van der Waals surface area contributed by atoms with Crippen molar-refractivity contribution in [3.05, 3.63) is 26.9 Å². The lowest BCUT2D eigenvalue weighted by atomic mass is 10.3. The van der Waals surface area contributed by atoms with E-state index in [1.807, 2.05) is 11.4 Å². The molecule has 1 amide bonds. The van der Waals surface area contributed by atoms with Crippen molar-refractivity contribution in [1.29, 1.82) is 0 Å². The molecule has 2 aromatic rings. The SMILES string of the molecule is O=C(C=Cc1ccsc1Br)Nc1nn[nH]n1. The number of anilines is 1. The van der Waals surface area contributed by atoms with Gasteiger partial charge in [0.05, 0.1) is 3.79 Å². The van der Waals surface area contributed by atoms with Gasteiger partial charge in [-0.1, -0.05) is 5.10 Å². The van der Waals surface area contributed by atoms with E-state index in [4.69, 9.17) is 0 Å². The highest BCUT2D eigenvalue weighted by Gasteiger charge is 2.02. The van der Waals surface area contributed by atoms with E-state index in [-0.39, 0.29) is 11.9 Å². The fraction of sp³-hybridized carbons (Fsp3) is 0. The van der Waals surface area contributed by atoms with Crippen LogP contribution in [0.25, 0.3) is 6.08 Å². The summed E-state index contributed by atoms with van der Waals surface area (Å²) >= 11 is 4.93. The highest BCUT2D eigenvalue weighted by Crippen LogP contribution is 2.24. The van der Waals surface area contributed by atoms with Crippen molar-refractivity contribution in [2.24, 2.45) is 0 Å². The first-order valence-corrected chi connectivity index (χ1v) is 5.88. The third kappa shape index (κ3) is 2.74. The summed E-state index contributed by atoms with van der Waals surface area (Å²) in [4.78, 5) is 11.4. The maximum Gasteiger partial charge on any atom is 0.270 e. The van der Waals surface area contributed by atoms with Gasteiger partial charge in [-0.2, -0.15) is 5.21 Å². The summed E-state index contributed by atoms with van der Waals surface area (Å²) in [6.45, 7) is 0. The average Bonchev–Trinajstić information content (AvgIpc) is 2.87. The Bertz CT molecular complexity index is 506. The first-order chi connectivity index (χ1) is 7.75. The summed E-state index contributed by atoms with van der Waals surface area (Å²) in [5.74, 6) is -0.154. The standard InChI is InChI=1S/C8H6BrN5OS/c9-7-5(3-4-16-7)1-2-6(15)10-8-11-13-14-12-8/h1-4H,(H2,10,11,12,13,14,15). The number of halogens is 1. The highest BCUT2D eigenvalue weighted by molar-refractivity contribution is 9.11. The van der Waals surface area contributed by atoms with E-state index < -0.39 is 0 Å². The third-order valence-electron chi connectivity index (χ3n) is 1.64. The van der Waals surface area contributed by atoms with Gasteiger partial charge >= 0.3 is 0 Å². The van der Waals surface area contributed by atoms with E-state index in [2.05, 4.69) is 41.9 Å². The Morgan fingerprint density at radius 2 is 2.50 bits per heavy atom. The average molecular weight is 300 g/mol. The largest absolute Gasteiger partial charge is 0.288 e. The summed E-state index contributed by atoms with van der Waals surface area (Å²) in [6.07, 6.45) is 3.11. The molecule has 6 nitrogen and oxygen atoms in total. The molecule has 0 aromatic carbocycles. The molecule has 8 heteroatoms. The van der Waals surface area contributed by atoms with Crippen molar-refractivity contribution in [1.82, 2.24) is 20.6 Å². The number of H-pyrrole nitrogens is 1. The van der Waals surface area contributed by atoms with Crippen LogP contribution in [-0.2, 0) is 4.79 Å². The van der Waals surface area contributed by atoms with Crippen molar-refractivity contribution in [3.8, 4) is 0 Å². The van der Waals surface area contributed by atoms with Crippen LogP contribution in [0.4, 0.5) is 5.95 Å². The minimum Gasteiger partial charge on any atom is -0.288 e. The highest BCUT2D eigenvalue weighted by atomic mass is 79.9. The number of hydrogen-bond acceptors (Lipinski definition) is 5. The molecule has 0 aliphatic rings. The van der Waals surface area contributed by atoms with Crippen LogP contribution < -0.4 is 5.32 Å². The Morgan fingerprint density at radius 1 is 1.62 bits per heavy atom. The first kappa shape index (κ1) is 11.0. The van der Waals surface area contributed by atoms with Crippen LogP contribution in [-0.4, -0.2) is 26.5 Å². The topological polar surface area (TPSA) is 83.6 Å². The summed E-state index contributed by atoms with van der Waals surface area (Å²) in [5, 5.41) is 17.1. The Labute approximate surface area is 103 Å². The van der Waals surface area contributed by atoms with Gasteiger partial charge in [-0.05, 0) is 44.2 Å². The fourth-order valence-corrected chi connectivity index (χ4v) is 2.15. The van der Waals surface area contributed by atoms with Crippen LogP contribution in [0.15, 0.2) is 21.3 Å². The molecule has 16 heavy (non-hydrogen) atoms. The van der Waals surface area contributed by atoms with E-state index in [1.54, 1.807) is 17.4 Å². The number of hydrogen-bond donors (Lipinski definition) is 2. The van der Waals surface area contributed by atoms with Crippen LogP contribution in [0.5, 0.6) is 0 Å². The lowest BCUT2D eigenvalue weighted by Gasteiger charge is -1.92. The summed E-state index contributed by atoms with van der Waals surface area (Å²) in [5.41, 5.74) is 0.952. The number of aromatic nitrogens is 4. The van der Waals surface area contributed by atoms with E-state index in [9.17, 15) is 4.79 Å². The van der Waals surface area contributed by atoms with E-state index in [0.717, 1.165) is 9.35 Å². The Balaban J connectivity index is 1.98. The maximum absolute atomic E-state index is 11.4. The summed E-state index contributed by atoms with van der Waals surface area (Å²) in [6, 6.07) is 1.91. The molecular formula is C8H6BrN5OS. The fourth-order valence-electron chi connectivity index (χ4n) is 0.954. The van der Waals surface area contributed by atoms with Crippen molar-refractivity contribution >= 4 is 45.2 Å². The lowest BCUT2D eigenvalue weighted by molar-refractivity contribution is -0.111. The first-order valence-electron chi connectivity index (χ1n) is 4.21. The van der Waals surface area contributed by atoms with Gasteiger partial charge in [0.25, 0.3) is 11.9 Å². The van der Waals surface area contributed by atoms with E-state index >= 15 is 0 Å². The van der Waals surface area contributed by atoms with Crippen LogP contribution in [0.1, 0.15) is 5.56 Å². The predicted molar refractivity (Wildman–Crippen MR) is 63.9 cm³/mol. The van der Waals surface area contributed by atoms with E-state index in [1.165, 1.54) is 6.08 Å². The number of thiophene rings is 1. The van der Waals surface area contributed by atoms with Gasteiger partial charge in [-0.15, -0.1) is 16.4 Å².